The number of rotatable bonds is 3. The Hall–Kier alpha value is -0.300. The fourth-order valence-electron chi connectivity index (χ4n) is 0.413. The van der Waals surface area contributed by atoms with Crippen LogP contribution < -0.4 is 5.32 Å². The zero-order chi connectivity index (χ0) is 6.41. The number of halogens is 1. The van der Waals surface area contributed by atoms with Crippen molar-refractivity contribution in [3.8, 4) is 6.07 Å². The number of aliphatic hydroxyl groups excluding tert-OH is 1. The van der Waals surface area contributed by atoms with Crippen LogP contribution in [-0.4, -0.2) is 24.8 Å². The minimum Gasteiger partial charge on any atom is -0.391 e. The maximum absolute atomic E-state index is 8.76. The van der Waals surface area contributed by atoms with Gasteiger partial charge in [-0.25, -0.2) is 0 Å². The first-order chi connectivity index (χ1) is 3.81. The molecule has 0 spiro atoms. The number of nitrogens with zero attached hydrogens (tertiary/aromatic N) is 1. The van der Waals surface area contributed by atoms with E-state index in [0.717, 1.165) is 0 Å². The molecular formula is C5H11ClN2O. The van der Waals surface area contributed by atoms with E-state index in [1.165, 1.54) is 0 Å². The summed E-state index contributed by atoms with van der Waals surface area (Å²) in [7, 11) is 1.74. The average Bonchev–Trinajstić information content (AvgIpc) is 1.68. The summed E-state index contributed by atoms with van der Waals surface area (Å²) in [6.45, 7) is 0.494. The molecular weight excluding hydrogens is 140 g/mol. The van der Waals surface area contributed by atoms with Gasteiger partial charge in [-0.15, -0.1) is 12.4 Å². The third kappa shape index (κ3) is 7.70. The normalized spacial score (nSPS) is 11.2. The van der Waals surface area contributed by atoms with Crippen LogP contribution in [0.25, 0.3) is 0 Å². The van der Waals surface area contributed by atoms with E-state index >= 15 is 0 Å². The summed E-state index contributed by atoms with van der Waals surface area (Å²) in [5.41, 5.74) is 0. The Labute approximate surface area is 61.1 Å². The molecule has 9 heavy (non-hydrogen) atoms. The second kappa shape index (κ2) is 7.70. The highest BCUT2D eigenvalue weighted by Crippen LogP contribution is 1.84. The number of nitriles is 1. The van der Waals surface area contributed by atoms with E-state index < -0.39 is 6.10 Å². The van der Waals surface area contributed by atoms with Gasteiger partial charge in [0.1, 0.15) is 0 Å². The van der Waals surface area contributed by atoms with Crippen LogP contribution in [0, 0.1) is 11.3 Å². The molecule has 54 valence electrons. The van der Waals surface area contributed by atoms with Gasteiger partial charge >= 0.3 is 0 Å². The van der Waals surface area contributed by atoms with Crippen molar-refractivity contribution in [2.45, 2.75) is 12.5 Å². The van der Waals surface area contributed by atoms with Gasteiger partial charge in [-0.2, -0.15) is 5.26 Å². The Bertz CT molecular complexity index is 91.4. The van der Waals surface area contributed by atoms with Gasteiger partial charge in [0.15, 0.2) is 0 Å². The monoisotopic (exact) mass is 150 g/mol. The molecule has 0 rings (SSSR count). The van der Waals surface area contributed by atoms with Gasteiger partial charge in [0, 0.05) is 6.54 Å². The molecule has 2 N–H and O–H groups in total. The molecule has 0 amide bonds. The van der Waals surface area contributed by atoms with Crippen LogP contribution in [0.5, 0.6) is 0 Å². The second-order valence-corrected chi connectivity index (χ2v) is 1.57. The predicted molar refractivity (Wildman–Crippen MR) is 37.4 cm³/mol. The van der Waals surface area contributed by atoms with Crippen LogP contribution in [0.2, 0.25) is 0 Å². The van der Waals surface area contributed by atoms with Crippen LogP contribution in [0.1, 0.15) is 6.42 Å². The Morgan fingerprint density at radius 1 is 1.78 bits per heavy atom. The lowest BCUT2D eigenvalue weighted by molar-refractivity contribution is 0.179. The zero-order valence-corrected chi connectivity index (χ0v) is 6.11. The quantitative estimate of drug-likeness (QED) is 0.591. The Morgan fingerprint density at radius 3 is 2.67 bits per heavy atom. The van der Waals surface area contributed by atoms with E-state index in [9.17, 15) is 0 Å². The van der Waals surface area contributed by atoms with E-state index in [4.69, 9.17) is 10.4 Å². The van der Waals surface area contributed by atoms with Crippen LogP contribution >= 0.6 is 12.4 Å². The molecule has 0 radical (unpaired) electrons. The molecule has 0 aliphatic heterocycles. The first-order valence-corrected chi connectivity index (χ1v) is 2.51. The fraction of sp³-hybridized carbons (Fsp3) is 0.800. The van der Waals surface area contributed by atoms with Crippen molar-refractivity contribution in [1.82, 2.24) is 5.32 Å². The van der Waals surface area contributed by atoms with E-state index in [2.05, 4.69) is 5.32 Å². The zero-order valence-electron chi connectivity index (χ0n) is 5.29. The van der Waals surface area contributed by atoms with Gasteiger partial charge in [-0.3, -0.25) is 0 Å². The topological polar surface area (TPSA) is 56.0 Å². The van der Waals surface area contributed by atoms with Gasteiger partial charge in [0.05, 0.1) is 18.6 Å². The Balaban J connectivity index is 0. The van der Waals surface area contributed by atoms with Gasteiger partial charge < -0.3 is 10.4 Å². The summed E-state index contributed by atoms with van der Waals surface area (Å²) in [5, 5.41) is 19.5. The third-order valence-corrected chi connectivity index (χ3v) is 0.767. The van der Waals surface area contributed by atoms with Crippen LogP contribution in [-0.2, 0) is 0 Å². The summed E-state index contributed by atoms with van der Waals surface area (Å²) >= 11 is 0. The van der Waals surface area contributed by atoms with Gasteiger partial charge in [0.2, 0.25) is 0 Å². The number of aliphatic hydroxyl groups is 1. The lowest BCUT2D eigenvalue weighted by Gasteiger charge is -2.01. The van der Waals surface area contributed by atoms with Gasteiger partial charge in [-0.05, 0) is 7.05 Å². The highest BCUT2D eigenvalue weighted by atomic mass is 35.5. The van der Waals surface area contributed by atoms with Gasteiger partial charge in [0.25, 0.3) is 0 Å². The predicted octanol–water partition coefficient (Wildman–Crippen LogP) is -0.0978. The standard InChI is InChI=1S/C5H10N2O.ClH/c1-7-4-5(8)2-3-6;/h5,7-8H,2,4H2,1H3;1H. The largest absolute Gasteiger partial charge is 0.391 e. The Kier molecular flexibility index (Phi) is 9.83. The maximum Gasteiger partial charge on any atom is 0.0794 e. The number of likely N-dealkylation sites (N-methyl/N-ethyl adjacent to an activating group) is 1. The molecule has 1 atom stereocenters. The minimum atomic E-state index is -0.509. The highest BCUT2D eigenvalue weighted by molar-refractivity contribution is 5.85. The highest BCUT2D eigenvalue weighted by Gasteiger charge is 1.97. The van der Waals surface area contributed by atoms with E-state index in [0.29, 0.717) is 6.54 Å². The van der Waals surface area contributed by atoms with Gasteiger partial charge in [-0.1, -0.05) is 0 Å². The van der Waals surface area contributed by atoms with Crippen molar-refractivity contribution in [2.24, 2.45) is 0 Å². The van der Waals surface area contributed by atoms with Crippen molar-refractivity contribution >= 4 is 12.4 Å². The van der Waals surface area contributed by atoms with E-state index in [-0.39, 0.29) is 18.8 Å². The summed E-state index contributed by atoms with van der Waals surface area (Å²) in [4.78, 5) is 0. The first kappa shape index (κ1) is 11.5. The molecule has 0 heterocycles. The van der Waals surface area contributed by atoms with Crippen LogP contribution in [0.3, 0.4) is 0 Å². The molecule has 1 unspecified atom stereocenters. The van der Waals surface area contributed by atoms with E-state index in [1.807, 2.05) is 6.07 Å². The average molecular weight is 151 g/mol. The van der Waals surface area contributed by atoms with Crippen molar-refractivity contribution in [1.29, 1.82) is 5.26 Å². The fourth-order valence-corrected chi connectivity index (χ4v) is 0.413. The number of hydrogen-bond donors (Lipinski definition) is 2. The Morgan fingerprint density at radius 2 is 2.33 bits per heavy atom. The van der Waals surface area contributed by atoms with Crippen LogP contribution in [0.4, 0.5) is 0 Å². The number of nitrogens with one attached hydrogen (secondary N) is 1. The molecule has 0 aliphatic rings. The van der Waals surface area contributed by atoms with Crippen molar-refractivity contribution in [3.05, 3.63) is 0 Å². The van der Waals surface area contributed by atoms with Crippen molar-refractivity contribution in [2.75, 3.05) is 13.6 Å². The molecule has 0 aromatic carbocycles. The molecule has 0 saturated heterocycles. The lowest BCUT2D eigenvalue weighted by atomic mass is 10.3. The molecule has 3 nitrogen and oxygen atoms in total. The SMILES string of the molecule is CNCC(O)CC#N.Cl. The summed E-state index contributed by atoms with van der Waals surface area (Å²) < 4.78 is 0. The summed E-state index contributed by atoms with van der Waals surface area (Å²) in [5.74, 6) is 0. The smallest absolute Gasteiger partial charge is 0.0794 e. The molecule has 0 fully saturated rings. The minimum absolute atomic E-state index is 0. The summed E-state index contributed by atoms with van der Waals surface area (Å²) in [6.07, 6.45) is -0.300. The molecule has 0 saturated carbocycles. The van der Waals surface area contributed by atoms with Crippen molar-refractivity contribution in [3.63, 3.8) is 0 Å². The third-order valence-electron chi connectivity index (χ3n) is 0.767. The second-order valence-electron chi connectivity index (χ2n) is 1.57. The summed E-state index contributed by atoms with van der Waals surface area (Å²) in [6, 6.07) is 1.86. The maximum atomic E-state index is 8.76. The molecule has 0 aliphatic carbocycles. The van der Waals surface area contributed by atoms with E-state index in [1.54, 1.807) is 7.05 Å². The van der Waals surface area contributed by atoms with Crippen molar-refractivity contribution < 1.29 is 5.11 Å². The molecule has 0 aromatic rings. The first-order valence-electron chi connectivity index (χ1n) is 2.51. The molecule has 4 heteroatoms. The molecule has 0 aromatic heterocycles. The lowest BCUT2D eigenvalue weighted by Crippen LogP contribution is -2.22. The number of hydrogen-bond acceptors (Lipinski definition) is 3. The van der Waals surface area contributed by atoms with Crippen LogP contribution in [0.15, 0.2) is 0 Å². The molecule has 0 bridgehead atoms.